The highest BCUT2D eigenvalue weighted by molar-refractivity contribution is 7.16. The van der Waals surface area contributed by atoms with Crippen molar-refractivity contribution in [2.45, 2.75) is 24.7 Å². The van der Waals surface area contributed by atoms with Crippen molar-refractivity contribution in [1.29, 1.82) is 0 Å². The Kier molecular flexibility index (Phi) is 3.85. The molecule has 0 saturated carbocycles. The SMILES string of the molecule is COC(=O)C1(c2ccccc2)CCc2c(sc(N)c2C(N)=O)C1. The molecule has 1 amide bonds. The van der Waals surface area contributed by atoms with Crippen molar-refractivity contribution < 1.29 is 14.3 Å². The zero-order valence-corrected chi connectivity index (χ0v) is 13.6. The number of benzene rings is 1. The highest BCUT2D eigenvalue weighted by Crippen LogP contribution is 2.45. The number of hydrogen-bond donors (Lipinski definition) is 2. The van der Waals surface area contributed by atoms with E-state index in [2.05, 4.69) is 0 Å². The van der Waals surface area contributed by atoms with Crippen molar-refractivity contribution in [3.05, 3.63) is 51.9 Å². The minimum Gasteiger partial charge on any atom is -0.468 e. The third kappa shape index (κ3) is 2.39. The molecule has 120 valence electrons. The van der Waals surface area contributed by atoms with Gasteiger partial charge in [0.1, 0.15) is 0 Å². The number of rotatable bonds is 3. The molecule has 1 aliphatic carbocycles. The maximum atomic E-state index is 12.6. The smallest absolute Gasteiger partial charge is 0.316 e. The normalized spacial score (nSPS) is 19.9. The maximum Gasteiger partial charge on any atom is 0.316 e. The first-order chi connectivity index (χ1) is 11.0. The third-order valence-corrected chi connectivity index (χ3v) is 5.59. The molecule has 3 rings (SSSR count). The Morgan fingerprint density at radius 2 is 1.96 bits per heavy atom. The van der Waals surface area contributed by atoms with E-state index in [4.69, 9.17) is 16.2 Å². The predicted octanol–water partition coefficient (Wildman–Crippen LogP) is 2.03. The van der Waals surface area contributed by atoms with E-state index in [9.17, 15) is 9.59 Å². The van der Waals surface area contributed by atoms with Gasteiger partial charge in [-0.05, 0) is 24.0 Å². The van der Waals surface area contributed by atoms with Crippen molar-refractivity contribution in [2.75, 3.05) is 12.8 Å². The summed E-state index contributed by atoms with van der Waals surface area (Å²) >= 11 is 1.34. The van der Waals surface area contributed by atoms with E-state index in [1.54, 1.807) is 0 Å². The van der Waals surface area contributed by atoms with Gasteiger partial charge < -0.3 is 16.2 Å². The number of hydrogen-bond acceptors (Lipinski definition) is 5. The molecule has 0 fully saturated rings. The van der Waals surface area contributed by atoms with Crippen LogP contribution in [0.3, 0.4) is 0 Å². The fourth-order valence-corrected chi connectivity index (χ4v) is 4.64. The molecule has 1 heterocycles. The minimum absolute atomic E-state index is 0.262. The number of ether oxygens (including phenoxy) is 1. The quantitative estimate of drug-likeness (QED) is 0.842. The second kappa shape index (κ2) is 5.70. The van der Waals surface area contributed by atoms with Crippen LogP contribution in [0.15, 0.2) is 30.3 Å². The van der Waals surface area contributed by atoms with Gasteiger partial charge in [0, 0.05) is 11.3 Å². The topological polar surface area (TPSA) is 95.4 Å². The molecule has 23 heavy (non-hydrogen) atoms. The first-order valence-electron chi connectivity index (χ1n) is 7.33. The summed E-state index contributed by atoms with van der Waals surface area (Å²) in [6.07, 6.45) is 1.61. The number of carbonyl (C=O) groups is 2. The van der Waals surface area contributed by atoms with Crippen molar-refractivity contribution in [1.82, 2.24) is 0 Å². The minimum atomic E-state index is -0.741. The number of nitrogen functional groups attached to an aromatic ring is 1. The maximum absolute atomic E-state index is 12.6. The lowest BCUT2D eigenvalue weighted by molar-refractivity contribution is -0.148. The summed E-state index contributed by atoms with van der Waals surface area (Å²) in [7, 11) is 1.40. The molecule has 0 radical (unpaired) electrons. The summed E-state index contributed by atoms with van der Waals surface area (Å²) in [5.74, 6) is -0.771. The second-order valence-electron chi connectivity index (χ2n) is 5.72. The summed E-state index contributed by atoms with van der Waals surface area (Å²) in [5.41, 5.74) is 12.9. The number of fused-ring (bicyclic) bond motifs is 1. The Balaban J connectivity index is 2.11. The van der Waals surface area contributed by atoms with Crippen molar-refractivity contribution >= 4 is 28.2 Å². The Hall–Kier alpha value is -2.34. The molecule has 1 unspecified atom stereocenters. The Morgan fingerprint density at radius 3 is 2.57 bits per heavy atom. The molecule has 1 atom stereocenters. The second-order valence-corrected chi connectivity index (χ2v) is 6.86. The summed E-state index contributed by atoms with van der Waals surface area (Å²) in [6.45, 7) is 0. The van der Waals surface area contributed by atoms with Crippen LogP contribution in [0.1, 0.15) is 32.8 Å². The first-order valence-corrected chi connectivity index (χ1v) is 8.15. The van der Waals surface area contributed by atoms with E-state index >= 15 is 0 Å². The molecule has 0 spiro atoms. The lowest BCUT2D eigenvalue weighted by Gasteiger charge is -2.35. The van der Waals surface area contributed by atoms with Gasteiger partial charge in [-0.1, -0.05) is 30.3 Å². The van der Waals surface area contributed by atoms with Crippen LogP contribution in [-0.2, 0) is 27.8 Å². The molecule has 6 heteroatoms. The average Bonchev–Trinajstić information content (AvgIpc) is 2.89. The number of anilines is 1. The lowest BCUT2D eigenvalue weighted by Crippen LogP contribution is -2.42. The zero-order valence-electron chi connectivity index (χ0n) is 12.8. The van der Waals surface area contributed by atoms with Gasteiger partial charge in [-0.2, -0.15) is 0 Å². The summed E-state index contributed by atoms with van der Waals surface area (Å²) in [5, 5.41) is 0.427. The van der Waals surface area contributed by atoms with Crippen molar-refractivity contribution in [3.63, 3.8) is 0 Å². The van der Waals surface area contributed by atoms with E-state index in [0.717, 1.165) is 16.0 Å². The molecule has 5 nitrogen and oxygen atoms in total. The molecule has 4 N–H and O–H groups in total. The van der Waals surface area contributed by atoms with Gasteiger partial charge in [-0.15, -0.1) is 11.3 Å². The largest absolute Gasteiger partial charge is 0.468 e. The van der Waals surface area contributed by atoms with E-state index in [1.807, 2.05) is 30.3 Å². The molecule has 0 bridgehead atoms. The molecule has 0 saturated heterocycles. The van der Waals surface area contributed by atoms with Crippen LogP contribution in [0.2, 0.25) is 0 Å². The number of thiophene rings is 1. The molecule has 2 aromatic rings. The van der Waals surface area contributed by atoms with E-state index in [-0.39, 0.29) is 5.97 Å². The fraction of sp³-hybridized carbons (Fsp3) is 0.294. The Morgan fingerprint density at radius 1 is 1.26 bits per heavy atom. The molecule has 1 aliphatic rings. The number of esters is 1. The monoisotopic (exact) mass is 330 g/mol. The van der Waals surface area contributed by atoms with Crippen LogP contribution in [0.4, 0.5) is 5.00 Å². The van der Waals surface area contributed by atoms with Crippen LogP contribution in [0, 0.1) is 0 Å². The molecular weight excluding hydrogens is 312 g/mol. The van der Waals surface area contributed by atoms with Gasteiger partial charge in [-0.3, -0.25) is 9.59 Å². The van der Waals surface area contributed by atoms with Crippen LogP contribution in [0.5, 0.6) is 0 Å². The van der Waals surface area contributed by atoms with Crippen LogP contribution >= 0.6 is 11.3 Å². The molecular formula is C17H18N2O3S. The highest BCUT2D eigenvalue weighted by atomic mass is 32.1. The third-order valence-electron chi connectivity index (χ3n) is 4.53. The van der Waals surface area contributed by atoms with E-state index in [1.165, 1.54) is 18.4 Å². The van der Waals surface area contributed by atoms with Gasteiger partial charge >= 0.3 is 5.97 Å². The first kappa shape index (κ1) is 15.6. The average molecular weight is 330 g/mol. The number of methoxy groups -OCH3 is 1. The summed E-state index contributed by atoms with van der Waals surface area (Å²) in [6, 6.07) is 9.61. The van der Waals surface area contributed by atoms with Gasteiger partial charge in [0.15, 0.2) is 0 Å². The van der Waals surface area contributed by atoms with Crippen LogP contribution in [0.25, 0.3) is 0 Å². The van der Waals surface area contributed by atoms with Crippen molar-refractivity contribution in [2.24, 2.45) is 5.73 Å². The predicted molar refractivity (Wildman–Crippen MR) is 89.4 cm³/mol. The molecule has 0 aliphatic heterocycles. The standard InChI is InChI=1S/C17H18N2O3S/c1-22-16(21)17(10-5-3-2-4-6-10)8-7-11-12(9-17)23-15(19)13(11)14(18)20/h2-6H,7-9,19H2,1H3,(H2,18,20). The van der Waals surface area contributed by atoms with Gasteiger partial charge in [0.2, 0.25) is 0 Å². The Labute approximate surface area is 138 Å². The summed E-state index contributed by atoms with van der Waals surface area (Å²) in [4.78, 5) is 25.2. The van der Waals surface area contributed by atoms with E-state index < -0.39 is 11.3 Å². The lowest BCUT2D eigenvalue weighted by atomic mass is 9.69. The highest BCUT2D eigenvalue weighted by Gasteiger charge is 2.45. The van der Waals surface area contributed by atoms with Crippen LogP contribution < -0.4 is 11.5 Å². The van der Waals surface area contributed by atoms with Crippen molar-refractivity contribution in [3.8, 4) is 0 Å². The Bertz CT molecular complexity index is 770. The van der Waals surface area contributed by atoms with Gasteiger partial charge in [0.05, 0.1) is 23.1 Å². The van der Waals surface area contributed by atoms with Gasteiger partial charge in [-0.25, -0.2) is 0 Å². The number of carbonyl (C=O) groups excluding carboxylic acids is 2. The molecule has 1 aromatic heterocycles. The zero-order chi connectivity index (χ0) is 16.6. The van der Waals surface area contributed by atoms with Crippen LogP contribution in [-0.4, -0.2) is 19.0 Å². The number of amides is 1. The van der Waals surface area contributed by atoms with E-state index in [0.29, 0.717) is 29.8 Å². The molecule has 1 aromatic carbocycles. The van der Waals surface area contributed by atoms with Gasteiger partial charge in [0.25, 0.3) is 5.91 Å². The summed E-state index contributed by atoms with van der Waals surface area (Å²) < 4.78 is 5.09. The number of nitrogens with two attached hydrogens (primary N) is 2. The number of primary amides is 1. The fourth-order valence-electron chi connectivity index (χ4n) is 3.40.